The summed E-state index contributed by atoms with van der Waals surface area (Å²) >= 11 is 0. The van der Waals surface area contributed by atoms with Crippen LogP contribution in [0.2, 0.25) is 0 Å². The molecule has 1 aromatic carbocycles. The Labute approximate surface area is 113 Å². The van der Waals surface area contributed by atoms with Crippen molar-refractivity contribution in [2.75, 3.05) is 7.11 Å². The summed E-state index contributed by atoms with van der Waals surface area (Å²) in [4.78, 5) is 11.0. The van der Waals surface area contributed by atoms with Gasteiger partial charge in [0.25, 0.3) is 0 Å². The molecule has 0 amide bonds. The van der Waals surface area contributed by atoms with Crippen molar-refractivity contribution in [3.05, 3.63) is 34.4 Å². The molecule has 21 heavy (non-hydrogen) atoms. The number of benzene rings is 1. The Kier molecular flexibility index (Phi) is 4.82. The highest BCUT2D eigenvalue weighted by Gasteiger charge is 2.42. The highest BCUT2D eigenvalue weighted by Crippen LogP contribution is 2.37. The van der Waals surface area contributed by atoms with E-state index in [2.05, 4.69) is 4.74 Å². The molecule has 0 heterocycles. The van der Waals surface area contributed by atoms with Gasteiger partial charge in [-0.1, -0.05) is 0 Å². The molecule has 1 atom stereocenters. The average molecular weight is 319 g/mol. The first-order valence-corrected chi connectivity index (χ1v) is 5.27. The lowest BCUT2D eigenvalue weighted by Crippen LogP contribution is -2.34. The monoisotopic (exact) mass is 319 g/mol. The molecule has 0 saturated heterocycles. The van der Waals surface area contributed by atoms with E-state index in [1.54, 1.807) is 0 Å². The number of nitrogens with two attached hydrogens (primary N) is 1. The summed E-state index contributed by atoms with van der Waals surface area (Å²) in [5, 5.41) is 0. The van der Waals surface area contributed by atoms with Crippen LogP contribution in [0, 0.1) is 23.3 Å². The molecule has 118 valence electrons. The van der Waals surface area contributed by atoms with Gasteiger partial charge in [0.1, 0.15) is 11.6 Å². The number of methoxy groups -OCH3 is 1. The van der Waals surface area contributed by atoms with Crippen molar-refractivity contribution >= 4 is 5.97 Å². The van der Waals surface area contributed by atoms with Crippen LogP contribution in [0.15, 0.2) is 0 Å². The Morgan fingerprint density at radius 2 is 1.52 bits per heavy atom. The molecule has 0 aliphatic carbocycles. The van der Waals surface area contributed by atoms with E-state index in [1.165, 1.54) is 0 Å². The number of rotatable bonds is 3. The van der Waals surface area contributed by atoms with Gasteiger partial charge in [-0.3, -0.25) is 4.79 Å². The van der Waals surface area contributed by atoms with Gasteiger partial charge < -0.3 is 10.5 Å². The van der Waals surface area contributed by atoms with Crippen LogP contribution < -0.4 is 5.73 Å². The number of halogens is 7. The van der Waals surface area contributed by atoms with Gasteiger partial charge in [-0.05, 0) is 0 Å². The van der Waals surface area contributed by atoms with Crippen LogP contribution in [0.4, 0.5) is 30.7 Å². The van der Waals surface area contributed by atoms with Crippen LogP contribution in [0.3, 0.4) is 0 Å². The second-order valence-electron chi connectivity index (χ2n) is 3.94. The fourth-order valence-electron chi connectivity index (χ4n) is 1.56. The first kappa shape index (κ1) is 17.2. The van der Waals surface area contributed by atoms with Gasteiger partial charge in [0, 0.05) is 12.0 Å². The van der Waals surface area contributed by atoms with Crippen LogP contribution in [0.5, 0.6) is 0 Å². The fourth-order valence-corrected chi connectivity index (χ4v) is 1.56. The third kappa shape index (κ3) is 3.26. The predicted molar refractivity (Wildman–Crippen MR) is 55.0 cm³/mol. The summed E-state index contributed by atoms with van der Waals surface area (Å²) < 4.78 is 94.6. The zero-order valence-corrected chi connectivity index (χ0v) is 10.3. The first-order valence-electron chi connectivity index (χ1n) is 5.27. The van der Waals surface area contributed by atoms with E-state index < -0.39 is 59.0 Å². The lowest BCUT2D eigenvalue weighted by atomic mass is 10.0. The van der Waals surface area contributed by atoms with Crippen molar-refractivity contribution in [3.63, 3.8) is 0 Å². The molecule has 1 aromatic rings. The Morgan fingerprint density at radius 1 is 1.10 bits per heavy atom. The fraction of sp³-hybridized carbons (Fsp3) is 0.364. The van der Waals surface area contributed by atoms with Crippen molar-refractivity contribution in [1.82, 2.24) is 0 Å². The molecular formula is C11H8F7NO2. The summed E-state index contributed by atoms with van der Waals surface area (Å²) in [5.74, 6) is -10.9. The molecule has 0 bridgehead atoms. The van der Waals surface area contributed by atoms with Gasteiger partial charge in [0.2, 0.25) is 0 Å². The normalized spacial score (nSPS) is 13.2. The number of carbonyl (C=O) groups excluding carboxylic acids is 1. The highest BCUT2D eigenvalue weighted by atomic mass is 19.4. The maximum Gasteiger partial charge on any atom is 0.422 e. The van der Waals surface area contributed by atoms with Gasteiger partial charge in [0.05, 0.1) is 7.11 Å². The SMILES string of the molecule is COC(=O)[C@@H](N)Cc1c(F)c(F)c(C(F)(F)F)c(F)c1F. The van der Waals surface area contributed by atoms with E-state index in [0.717, 1.165) is 7.11 Å². The van der Waals surface area contributed by atoms with Gasteiger partial charge in [-0.2, -0.15) is 13.2 Å². The van der Waals surface area contributed by atoms with E-state index in [4.69, 9.17) is 5.73 Å². The average Bonchev–Trinajstić information content (AvgIpc) is 2.38. The smallest absolute Gasteiger partial charge is 0.422 e. The van der Waals surface area contributed by atoms with E-state index in [0.29, 0.717) is 0 Å². The second kappa shape index (κ2) is 5.88. The second-order valence-corrected chi connectivity index (χ2v) is 3.94. The molecule has 0 aliphatic heterocycles. The molecule has 0 fully saturated rings. The van der Waals surface area contributed by atoms with Crippen molar-refractivity contribution < 1.29 is 40.3 Å². The quantitative estimate of drug-likeness (QED) is 0.528. The Hall–Kier alpha value is -1.84. The predicted octanol–water partition coefficient (Wildman–Crippen LogP) is 2.30. The third-order valence-corrected chi connectivity index (χ3v) is 2.57. The molecule has 10 heteroatoms. The molecule has 0 saturated carbocycles. The Bertz CT molecular complexity index is 542. The zero-order chi connectivity index (χ0) is 16.5. The zero-order valence-electron chi connectivity index (χ0n) is 10.3. The largest absolute Gasteiger partial charge is 0.468 e. The standard InChI is InChI=1S/C11H8F7NO2/c1-21-10(20)4(19)2-3-6(12)8(14)5(11(16,17)18)9(15)7(3)13/h4H,2,19H2,1H3/t4-/m0/s1. The minimum atomic E-state index is -5.63. The van der Waals surface area contributed by atoms with Gasteiger partial charge in [0.15, 0.2) is 23.3 Å². The molecule has 0 unspecified atom stereocenters. The highest BCUT2D eigenvalue weighted by molar-refractivity contribution is 5.75. The number of esters is 1. The molecule has 2 N–H and O–H groups in total. The van der Waals surface area contributed by atoms with E-state index in [9.17, 15) is 35.5 Å². The lowest BCUT2D eigenvalue weighted by Gasteiger charge is -2.15. The number of carbonyl (C=O) groups is 1. The summed E-state index contributed by atoms with van der Waals surface area (Å²) in [6.07, 6.45) is -6.70. The van der Waals surface area contributed by atoms with Crippen LogP contribution in [-0.2, 0) is 22.1 Å². The molecular weight excluding hydrogens is 311 g/mol. The van der Waals surface area contributed by atoms with Crippen LogP contribution in [0.25, 0.3) is 0 Å². The van der Waals surface area contributed by atoms with E-state index >= 15 is 0 Å². The molecule has 0 spiro atoms. The number of ether oxygens (including phenoxy) is 1. The lowest BCUT2D eigenvalue weighted by molar-refractivity contribution is -0.144. The molecule has 0 aromatic heterocycles. The molecule has 0 radical (unpaired) electrons. The third-order valence-electron chi connectivity index (χ3n) is 2.57. The summed E-state index contributed by atoms with van der Waals surface area (Å²) in [5.41, 5.74) is 1.05. The van der Waals surface area contributed by atoms with Crippen molar-refractivity contribution in [2.45, 2.75) is 18.6 Å². The first-order chi connectivity index (χ1) is 9.52. The number of alkyl halides is 3. The van der Waals surface area contributed by atoms with Crippen molar-refractivity contribution in [1.29, 1.82) is 0 Å². The van der Waals surface area contributed by atoms with Gasteiger partial charge in [-0.25, -0.2) is 17.6 Å². The summed E-state index contributed by atoms with van der Waals surface area (Å²) in [6.45, 7) is 0. The summed E-state index contributed by atoms with van der Waals surface area (Å²) in [6, 6.07) is -1.70. The molecule has 1 rings (SSSR count). The van der Waals surface area contributed by atoms with Crippen LogP contribution in [0.1, 0.15) is 11.1 Å². The maximum absolute atomic E-state index is 13.5. The minimum absolute atomic E-state index is 0.892. The van der Waals surface area contributed by atoms with Crippen molar-refractivity contribution in [2.24, 2.45) is 5.73 Å². The number of hydrogen-bond acceptors (Lipinski definition) is 3. The topological polar surface area (TPSA) is 52.3 Å². The van der Waals surface area contributed by atoms with Crippen LogP contribution in [-0.4, -0.2) is 19.1 Å². The Balaban J connectivity index is 3.42. The minimum Gasteiger partial charge on any atom is -0.468 e. The Morgan fingerprint density at radius 3 is 1.86 bits per heavy atom. The molecule has 0 aliphatic rings. The van der Waals surface area contributed by atoms with E-state index in [1.807, 2.05) is 0 Å². The number of hydrogen-bond donors (Lipinski definition) is 1. The molecule has 3 nitrogen and oxygen atoms in total. The van der Waals surface area contributed by atoms with Gasteiger partial charge >= 0.3 is 12.1 Å². The van der Waals surface area contributed by atoms with Crippen LogP contribution >= 0.6 is 0 Å². The maximum atomic E-state index is 13.5. The van der Waals surface area contributed by atoms with Gasteiger partial charge in [-0.15, -0.1) is 0 Å². The van der Waals surface area contributed by atoms with E-state index in [-0.39, 0.29) is 0 Å². The summed E-state index contributed by atoms with van der Waals surface area (Å²) in [7, 11) is 0.892. The van der Waals surface area contributed by atoms with Crippen molar-refractivity contribution in [3.8, 4) is 0 Å².